The van der Waals surface area contributed by atoms with Gasteiger partial charge in [0.05, 0.1) is 6.61 Å². The van der Waals surface area contributed by atoms with E-state index in [1.807, 2.05) is 24.3 Å². The molecule has 1 saturated carbocycles. The van der Waals surface area contributed by atoms with Gasteiger partial charge in [0.15, 0.2) is 0 Å². The van der Waals surface area contributed by atoms with Crippen LogP contribution in [0.5, 0.6) is 5.75 Å². The Morgan fingerprint density at radius 2 is 1.81 bits per heavy atom. The minimum Gasteiger partial charge on any atom is -0.494 e. The number of carbonyl (C=O) groups excluding carboxylic acids is 1. The number of nitrogens with zero attached hydrogens (tertiary/aromatic N) is 1. The van der Waals surface area contributed by atoms with Crippen LogP contribution >= 0.6 is 0 Å². The maximum absolute atomic E-state index is 12.8. The van der Waals surface area contributed by atoms with E-state index in [2.05, 4.69) is 31.0 Å². The molecule has 1 aromatic rings. The smallest absolute Gasteiger partial charge is 0.256 e. The van der Waals surface area contributed by atoms with Crippen molar-refractivity contribution in [2.45, 2.75) is 58.5 Å². The van der Waals surface area contributed by atoms with Crippen LogP contribution in [-0.4, -0.2) is 49.8 Å². The van der Waals surface area contributed by atoms with E-state index in [4.69, 9.17) is 9.47 Å². The number of anilines is 1. The summed E-state index contributed by atoms with van der Waals surface area (Å²) in [4.78, 5) is 15.2. The first-order chi connectivity index (χ1) is 13.0. The Balaban J connectivity index is 1.81. The Morgan fingerprint density at radius 1 is 1.19 bits per heavy atom. The van der Waals surface area contributed by atoms with E-state index in [0.717, 1.165) is 63.2 Å². The first kappa shape index (κ1) is 21.7. The van der Waals surface area contributed by atoms with E-state index < -0.39 is 5.60 Å². The lowest BCUT2D eigenvalue weighted by atomic mass is 9.79. The van der Waals surface area contributed by atoms with Crippen LogP contribution in [0.25, 0.3) is 0 Å². The highest BCUT2D eigenvalue weighted by Crippen LogP contribution is 2.35. The van der Waals surface area contributed by atoms with Gasteiger partial charge in [-0.05, 0) is 75.4 Å². The molecule has 0 saturated heterocycles. The number of methoxy groups -OCH3 is 1. The Kier molecular flexibility index (Phi) is 8.58. The predicted molar refractivity (Wildman–Crippen MR) is 110 cm³/mol. The van der Waals surface area contributed by atoms with Crippen LogP contribution in [0, 0.1) is 5.92 Å². The lowest BCUT2D eigenvalue weighted by Gasteiger charge is -2.36. The first-order valence-corrected chi connectivity index (χ1v) is 10.3. The van der Waals surface area contributed by atoms with E-state index in [9.17, 15) is 4.79 Å². The summed E-state index contributed by atoms with van der Waals surface area (Å²) in [5.74, 6) is 1.46. The van der Waals surface area contributed by atoms with Crippen LogP contribution < -0.4 is 10.1 Å². The van der Waals surface area contributed by atoms with E-state index in [-0.39, 0.29) is 5.91 Å². The molecule has 1 aliphatic rings. The van der Waals surface area contributed by atoms with Gasteiger partial charge in [-0.25, -0.2) is 0 Å². The molecule has 1 aromatic carbocycles. The Labute approximate surface area is 164 Å². The monoisotopic (exact) mass is 376 g/mol. The molecule has 0 spiro atoms. The molecule has 0 bridgehead atoms. The number of hydrogen-bond donors (Lipinski definition) is 1. The van der Waals surface area contributed by atoms with Crippen molar-refractivity contribution in [3.05, 3.63) is 24.3 Å². The topological polar surface area (TPSA) is 50.8 Å². The summed E-state index contributed by atoms with van der Waals surface area (Å²) in [5.41, 5.74) is 0.0945. The molecule has 5 nitrogen and oxygen atoms in total. The van der Waals surface area contributed by atoms with Crippen molar-refractivity contribution in [2.75, 3.05) is 38.7 Å². The van der Waals surface area contributed by atoms with Crippen molar-refractivity contribution in [3.63, 3.8) is 0 Å². The second-order valence-electron chi connectivity index (χ2n) is 7.59. The van der Waals surface area contributed by atoms with Crippen molar-refractivity contribution < 1.29 is 14.3 Å². The van der Waals surface area contributed by atoms with Crippen LogP contribution in [0.1, 0.15) is 52.9 Å². The number of hydrogen-bond acceptors (Lipinski definition) is 4. The standard InChI is InChI=1S/C22H36N2O3/c1-5-24(6-2)16-7-17-27-20-10-8-19(9-11-20)23-21(25)22(26-4)14-12-18(3)13-15-22/h8-11,18H,5-7,12-17H2,1-4H3,(H,23,25). The summed E-state index contributed by atoms with van der Waals surface area (Å²) >= 11 is 0. The molecule has 1 N–H and O–H groups in total. The van der Waals surface area contributed by atoms with E-state index in [1.54, 1.807) is 7.11 Å². The molecule has 5 heteroatoms. The molecule has 0 aromatic heterocycles. The van der Waals surface area contributed by atoms with Gasteiger partial charge in [-0.1, -0.05) is 20.8 Å². The molecule has 1 aliphatic carbocycles. The van der Waals surface area contributed by atoms with Crippen molar-refractivity contribution in [3.8, 4) is 5.75 Å². The SMILES string of the molecule is CCN(CC)CCCOc1ccc(NC(=O)C2(OC)CCC(C)CC2)cc1. The van der Waals surface area contributed by atoms with Crippen LogP contribution in [0.3, 0.4) is 0 Å². The number of carbonyl (C=O) groups is 1. The average Bonchev–Trinajstić information content (AvgIpc) is 2.70. The number of nitrogens with one attached hydrogen (secondary N) is 1. The van der Waals surface area contributed by atoms with Gasteiger partial charge in [0, 0.05) is 19.3 Å². The third-order valence-corrected chi connectivity index (χ3v) is 5.78. The van der Waals surface area contributed by atoms with Crippen LogP contribution in [-0.2, 0) is 9.53 Å². The van der Waals surface area contributed by atoms with Gasteiger partial charge in [0.1, 0.15) is 11.4 Å². The van der Waals surface area contributed by atoms with Crippen LogP contribution in [0.4, 0.5) is 5.69 Å². The largest absolute Gasteiger partial charge is 0.494 e. The van der Waals surface area contributed by atoms with Crippen molar-refractivity contribution in [2.24, 2.45) is 5.92 Å². The molecule has 2 rings (SSSR count). The molecule has 0 unspecified atom stereocenters. The lowest BCUT2D eigenvalue weighted by Crippen LogP contribution is -2.47. The van der Waals surface area contributed by atoms with Gasteiger partial charge in [-0.15, -0.1) is 0 Å². The summed E-state index contributed by atoms with van der Waals surface area (Å²) in [6, 6.07) is 7.61. The molecule has 1 fully saturated rings. The summed E-state index contributed by atoms with van der Waals surface area (Å²) in [6.07, 6.45) is 4.63. The van der Waals surface area contributed by atoms with Gasteiger partial charge in [0.2, 0.25) is 0 Å². The highest BCUT2D eigenvalue weighted by Gasteiger charge is 2.41. The minimum absolute atomic E-state index is 0.0372. The zero-order valence-corrected chi connectivity index (χ0v) is 17.4. The molecule has 27 heavy (non-hydrogen) atoms. The average molecular weight is 377 g/mol. The van der Waals surface area contributed by atoms with Crippen LogP contribution in [0.15, 0.2) is 24.3 Å². The van der Waals surface area contributed by atoms with E-state index in [0.29, 0.717) is 12.5 Å². The van der Waals surface area contributed by atoms with Gasteiger partial charge in [-0.3, -0.25) is 4.79 Å². The first-order valence-electron chi connectivity index (χ1n) is 10.3. The summed E-state index contributed by atoms with van der Waals surface area (Å²) < 4.78 is 11.5. The fourth-order valence-corrected chi connectivity index (χ4v) is 3.65. The fourth-order valence-electron chi connectivity index (χ4n) is 3.65. The van der Waals surface area contributed by atoms with Crippen molar-refractivity contribution in [1.29, 1.82) is 0 Å². The number of amides is 1. The molecule has 152 valence electrons. The van der Waals surface area contributed by atoms with Gasteiger partial charge < -0.3 is 19.7 Å². The predicted octanol–water partition coefficient (Wildman–Crippen LogP) is 4.33. The molecule has 0 aliphatic heterocycles. The minimum atomic E-state index is -0.688. The molecule has 0 heterocycles. The number of benzene rings is 1. The molecular weight excluding hydrogens is 340 g/mol. The van der Waals surface area contributed by atoms with Crippen LogP contribution in [0.2, 0.25) is 0 Å². The van der Waals surface area contributed by atoms with Gasteiger partial charge >= 0.3 is 0 Å². The fraction of sp³-hybridized carbons (Fsp3) is 0.682. The Bertz CT molecular complexity index is 561. The zero-order chi connectivity index (χ0) is 19.7. The Hall–Kier alpha value is -1.59. The molecule has 0 radical (unpaired) electrons. The maximum atomic E-state index is 12.8. The zero-order valence-electron chi connectivity index (χ0n) is 17.4. The second-order valence-corrected chi connectivity index (χ2v) is 7.59. The lowest BCUT2D eigenvalue weighted by molar-refractivity contribution is -0.142. The third kappa shape index (κ3) is 6.22. The molecule has 0 atom stereocenters. The van der Waals surface area contributed by atoms with E-state index >= 15 is 0 Å². The number of ether oxygens (including phenoxy) is 2. The van der Waals surface area contributed by atoms with E-state index in [1.165, 1.54) is 0 Å². The quantitative estimate of drug-likeness (QED) is 0.618. The second kappa shape index (κ2) is 10.7. The Morgan fingerprint density at radius 3 is 2.37 bits per heavy atom. The molecular formula is C22H36N2O3. The van der Waals surface area contributed by atoms with Crippen molar-refractivity contribution in [1.82, 2.24) is 4.90 Å². The third-order valence-electron chi connectivity index (χ3n) is 5.78. The maximum Gasteiger partial charge on any atom is 0.256 e. The summed E-state index contributed by atoms with van der Waals surface area (Å²) in [7, 11) is 1.64. The molecule has 1 amide bonds. The highest BCUT2D eigenvalue weighted by atomic mass is 16.5. The van der Waals surface area contributed by atoms with Gasteiger partial charge in [-0.2, -0.15) is 0 Å². The summed E-state index contributed by atoms with van der Waals surface area (Å²) in [6.45, 7) is 10.5. The summed E-state index contributed by atoms with van der Waals surface area (Å²) in [5, 5.41) is 3.02. The highest BCUT2D eigenvalue weighted by molar-refractivity contribution is 5.97. The van der Waals surface area contributed by atoms with Gasteiger partial charge in [0.25, 0.3) is 5.91 Å². The number of rotatable bonds is 10. The van der Waals surface area contributed by atoms with Crippen molar-refractivity contribution >= 4 is 11.6 Å². The normalized spacial score (nSPS) is 22.6.